The number of carbonyl (C=O) groups excluding carboxylic acids is 3. The lowest BCUT2D eigenvalue weighted by Gasteiger charge is -2.29. The average molecular weight is 364 g/mol. The van der Waals surface area contributed by atoms with Crippen molar-refractivity contribution >= 4 is 27.6 Å². The minimum Gasteiger partial charge on any atom is -0.350 e. The first kappa shape index (κ1) is 17.6. The number of rotatable bonds is 4. The Morgan fingerprint density at radius 2 is 1.72 bits per heavy atom. The molecule has 8 heteroatoms. The van der Waals surface area contributed by atoms with Gasteiger partial charge in [0.2, 0.25) is 5.91 Å². The Bertz CT molecular complexity index is 811. The van der Waals surface area contributed by atoms with Crippen molar-refractivity contribution in [3.8, 4) is 0 Å². The summed E-state index contributed by atoms with van der Waals surface area (Å²) >= 11 is 0. The highest BCUT2D eigenvalue weighted by atomic mass is 32.2. The molecule has 3 amide bonds. The van der Waals surface area contributed by atoms with E-state index >= 15 is 0 Å². The standard InChI is InChI=1S/C17H20N2O5S/c1-10(2)14(15(20)18-11-7-8-25(23,24)9-11)19-16(21)12-5-3-4-6-13(12)17(19)22/h3-6,10-11,14H,7-9H2,1-2H3,(H,18,20)/t11-,14+/m0/s1. The third-order valence-corrected chi connectivity index (χ3v) is 6.35. The molecule has 3 rings (SSSR count). The molecule has 1 N–H and O–H groups in total. The summed E-state index contributed by atoms with van der Waals surface area (Å²) in [6, 6.07) is 5.01. The molecular weight excluding hydrogens is 344 g/mol. The fourth-order valence-electron chi connectivity index (χ4n) is 3.37. The third-order valence-electron chi connectivity index (χ3n) is 4.58. The fraction of sp³-hybridized carbons (Fsp3) is 0.471. The van der Waals surface area contributed by atoms with Crippen LogP contribution in [-0.4, -0.2) is 54.6 Å². The number of imide groups is 1. The molecule has 2 aliphatic heterocycles. The van der Waals surface area contributed by atoms with Gasteiger partial charge in [0, 0.05) is 6.04 Å². The predicted octanol–water partition coefficient (Wildman–Crippen LogP) is 0.611. The monoisotopic (exact) mass is 364 g/mol. The Hall–Kier alpha value is -2.22. The fourth-order valence-corrected chi connectivity index (χ4v) is 5.05. The molecule has 0 saturated carbocycles. The van der Waals surface area contributed by atoms with Gasteiger partial charge in [-0.25, -0.2) is 8.42 Å². The van der Waals surface area contributed by atoms with Crippen LogP contribution in [0.3, 0.4) is 0 Å². The number of amides is 3. The van der Waals surface area contributed by atoms with Crippen LogP contribution in [-0.2, 0) is 14.6 Å². The molecule has 1 saturated heterocycles. The summed E-state index contributed by atoms with van der Waals surface area (Å²) in [6.07, 6.45) is 0.348. The van der Waals surface area contributed by atoms with E-state index in [1.165, 1.54) is 0 Å². The van der Waals surface area contributed by atoms with Crippen LogP contribution in [0.5, 0.6) is 0 Å². The molecule has 134 valence electrons. The van der Waals surface area contributed by atoms with Crippen LogP contribution in [0.1, 0.15) is 41.0 Å². The highest BCUT2D eigenvalue weighted by Crippen LogP contribution is 2.27. The van der Waals surface area contributed by atoms with Crippen LogP contribution in [0.2, 0.25) is 0 Å². The van der Waals surface area contributed by atoms with E-state index in [0.717, 1.165) is 4.90 Å². The number of hydrogen-bond donors (Lipinski definition) is 1. The Kier molecular flexibility index (Phi) is 4.40. The lowest BCUT2D eigenvalue weighted by molar-refractivity contribution is -0.126. The molecular formula is C17H20N2O5S. The largest absolute Gasteiger partial charge is 0.350 e. The maximum absolute atomic E-state index is 12.7. The van der Waals surface area contributed by atoms with Gasteiger partial charge < -0.3 is 5.32 Å². The van der Waals surface area contributed by atoms with Crippen molar-refractivity contribution in [3.63, 3.8) is 0 Å². The number of carbonyl (C=O) groups is 3. The van der Waals surface area contributed by atoms with Gasteiger partial charge in [-0.3, -0.25) is 19.3 Å². The second kappa shape index (κ2) is 6.25. The van der Waals surface area contributed by atoms with E-state index in [9.17, 15) is 22.8 Å². The van der Waals surface area contributed by atoms with E-state index < -0.39 is 39.6 Å². The van der Waals surface area contributed by atoms with Gasteiger partial charge in [-0.1, -0.05) is 26.0 Å². The molecule has 2 heterocycles. The lowest BCUT2D eigenvalue weighted by atomic mass is 10.0. The smallest absolute Gasteiger partial charge is 0.262 e. The van der Waals surface area contributed by atoms with Crippen LogP contribution in [0.15, 0.2) is 24.3 Å². The van der Waals surface area contributed by atoms with Crippen molar-refractivity contribution < 1.29 is 22.8 Å². The molecule has 0 aliphatic carbocycles. The summed E-state index contributed by atoms with van der Waals surface area (Å²) in [7, 11) is -3.13. The first-order chi connectivity index (χ1) is 11.7. The Balaban J connectivity index is 1.84. The molecule has 2 atom stereocenters. The zero-order chi connectivity index (χ0) is 18.4. The van der Waals surface area contributed by atoms with Crippen molar-refractivity contribution in [2.75, 3.05) is 11.5 Å². The van der Waals surface area contributed by atoms with Gasteiger partial charge in [-0.2, -0.15) is 0 Å². The summed E-state index contributed by atoms with van der Waals surface area (Å²) < 4.78 is 23.1. The molecule has 0 bridgehead atoms. The third kappa shape index (κ3) is 3.18. The van der Waals surface area contributed by atoms with Crippen molar-refractivity contribution in [3.05, 3.63) is 35.4 Å². The van der Waals surface area contributed by atoms with Crippen molar-refractivity contribution in [2.45, 2.75) is 32.4 Å². The van der Waals surface area contributed by atoms with Gasteiger partial charge in [0.25, 0.3) is 11.8 Å². The zero-order valence-electron chi connectivity index (χ0n) is 14.1. The molecule has 1 aromatic rings. The van der Waals surface area contributed by atoms with Crippen LogP contribution in [0, 0.1) is 5.92 Å². The Morgan fingerprint density at radius 1 is 1.16 bits per heavy atom. The first-order valence-electron chi connectivity index (χ1n) is 8.19. The number of hydrogen-bond acceptors (Lipinski definition) is 5. The first-order valence-corrected chi connectivity index (χ1v) is 10.0. The van der Waals surface area contributed by atoms with Gasteiger partial charge in [0.1, 0.15) is 6.04 Å². The maximum atomic E-state index is 12.7. The SMILES string of the molecule is CC(C)[C@H](C(=O)N[C@H]1CCS(=O)(=O)C1)N1C(=O)c2ccccc2C1=O. The van der Waals surface area contributed by atoms with Crippen LogP contribution in [0.4, 0.5) is 0 Å². The van der Waals surface area contributed by atoms with Gasteiger partial charge in [0.05, 0.1) is 22.6 Å². The van der Waals surface area contributed by atoms with Crippen molar-refractivity contribution in [1.82, 2.24) is 10.2 Å². The average Bonchev–Trinajstić information content (AvgIpc) is 2.99. The van der Waals surface area contributed by atoms with E-state index in [1.54, 1.807) is 38.1 Å². The summed E-state index contributed by atoms with van der Waals surface area (Å²) in [5.41, 5.74) is 0.573. The topological polar surface area (TPSA) is 101 Å². The normalized spacial score (nSPS) is 23.0. The highest BCUT2D eigenvalue weighted by molar-refractivity contribution is 7.91. The van der Waals surface area contributed by atoms with E-state index in [0.29, 0.717) is 6.42 Å². The van der Waals surface area contributed by atoms with Crippen LogP contribution >= 0.6 is 0 Å². The number of nitrogens with zero attached hydrogens (tertiary/aromatic N) is 1. The second-order valence-corrected chi connectivity index (χ2v) is 9.05. The minimum absolute atomic E-state index is 0.0390. The van der Waals surface area contributed by atoms with E-state index in [2.05, 4.69) is 5.32 Å². The maximum Gasteiger partial charge on any atom is 0.262 e. The molecule has 7 nitrogen and oxygen atoms in total. The number of nitrogens with one attached hydrogen (secondary N) is 1. The van der Waals surface area contributed by atoms with Crippen LogP contribution in [0.25, 0.3) is 0 Å². The van der Waals surface area contributed by atoms with Gasteiger partial charge >= 0.3 is 0 Å². The van der Waals surface area contributed by atoms with E-state index in [4.69, 9.17) is 0 Å². The Morgan fingerprint density at radius 3 is 2.16 bits per heavy atom. The summed E-state index contributed by atoms with van der Waals surface area (Å²) in [5.74, 6) is -1.85. The number of sulfone groups is 1. The molecule has 0 radical (unpaired) electrons. The molecule has 0 spiro atoms. The molecule has 1 fully saturated rings. The summed E-state index contributed by atoms with van der Waals surface area (Å²) in [4.78, 5) is 39.0. The number of benzene rings is 1. The quantitative estimate of drug-likeness (QED) is 0.789. The van der Waals surface area contributed by atoms with E-state index in [1.807, 2.05) is 0 Å². The van der Waals surface area contributed by atoms with Gasteiger partial charge in [-0.15, -0.1) is 0 Å². The summed E-state index contributed by atoms with van der Waals surface area (Å²) in [5, 5.41) is 2.70. The van der Waals surface area contributed by atoms with E-state index in [-0.39, 0.29) is 28.6 Å². The predicted molar refractivity (Wildman–Crippen MR) is 90.8 cm³/mol. The molecule has 1 aromatic carbocycles. The molecule has 25 heavy (non-hydrogen) atoms. The minimum atomic E-state index is -3.13. The molecule has 0 aromatic heterocycles. The molecule has 0 unspecified atom stereocenters. The summed E-state index contributed by atoms with van der Waals surface area (Å²) in [6.45, 7) is 3.50. The number of fused-ring (bicyclic) bond motifs is 1. The van der Waals surface area contributed by atoms with Gasteiger partial charge in [-0.05, 0) is 24.5 Å². The second-order valence-electron chi connectivity index (χ2n) is 6.82. The zero-order valence-corrected chi connectivity index (χ0v) is 14.9. The van der Waals surface area contributed by atoms with Crippen molar-refractivity contribution in [1.29, 1.82) is 0 Å². The van der Waals surface area contributed by atoms with Crippen LogP contribution < -0.4 is 5.32 Å². The van der Waals surface area contributed by atoms with Gasteiger partial charge in [0.15, 0.2) is 9.84 Å². The molecule has 2 aliphatic rings. The Labute approximate surface area is 146 Å². The lowest BCUT2D eigenvalue weighted by Crippen LogP contribution is -2.54. The highest BCUT2D eigenvalue weighted by Gasteiger charge is 2.44. The van der Waals surface area contributed by atoms with Crippen molar-refractivity contribution in [2.24, 2.45) is 5.92 Å².